The SMILES string of the molecule is COc1ccc(F)cc1C(=O)NCc1ccc(-c2nn(C3CCN(C4CCC4)CC3)c(N)c2C#N)cc1. The van der Waals surface area contributed by atoms with Crippen LogP contribution in [0.5, 0.6) is 5.75 Å². The van der Waals surface area contributed by atoms with E-state index in [0.717, 1.165) is 49.2 Å². The number of nitrogen functional groups attached to an aromatic ring is 1. The monoisotopic (exact) mass is 502 g/mol. The molecule has 5 rings (SSSR count). The van der Waals surface area contributed by atoms with Gasteiger partial charge in [-0.25, -0.2) is 9.07 Å². The molecule has 1 saturated carbocycles. The van der Waals surface area contributed by atoms with Gasteiger partial charge in [0.15, 0.2) is 0 Å². The molecule has 0 atom stereocenters. The summed E-state index contributed by atoms with van der Waals surface area (Å²) in [5.74, 6) is -0.214. The molecule has 9 heteroatoms. The van der Waals surface area contributed by atoms with Crippen LogP contribution in [0.4, 0.5) is 10.2 Å². The third kappa shape index (κ3) is 5.02. The maximum atomic E-state index is 13.6. The van der Waals surface area contributed by atoms with Gasteiger partial charge in [0, 0.05) is 31.2 Å². The number of likely N-dealkylation sites (tertiary alicyclic amines) is 1. The van der Waals surface area contributed by atoms with Crippen molar-refractivity contribution in [1.82, 2.24) is 20.0 Å². The lowest BCUT2D eigenvalue weighted by molar-refractivity contribution is 0.0847. The minimum absolute atomic E-state index is 0.136. The number of nitriles is 1. The van der Waals surface area contributed by atoms with Gasteiger partial charge in [-0.15, -0.1) is 0 Å². The summed E-state index contributed by atoms with van der Waals surface area (Å²) in [4.78, 5) is 15.1. The predicted octanol–water partition coefficient (Wildman–Crippen LogP) is 4.27. The maximum absolute atomic E-state index is 13.6. The van der Waals surface area contributed by atoms with Crippen molar-refractivity contribution < 1.29 is 13.9 Å². The average molecular weight is 503 g/mol. The smallest absolute Gasteiger partial charge is 0.255 e. The lowest BCUT2D eigenvalue weighted by atomic mass is 9.89. The van der Waals surface area contributed by atoms with E-state index in [0.29, 0.717) is 22.8 Å². The number of benzene rings is 2. The van der Waals surface area contributed by atoms with Crippen LogP contribution in [0.3, 0.4) is 0 Å². The standard InChI is InChI=1S/C28H31FN6O2/c1-37-25-10-9-20(29)15-23(25)28(36)32-17-18-5-7-19(8-6-18)26-24(16-30)27(31)35(33-26)22-11-13-34(14-12-22)21-3-2-4-21/h5-10,15,21-22H,2-4,11-14,17,31H2,1H3,(H,32,36). The van der Waals surface area contributed by atoms with E-state index < -0.39 is 11.7 Å². The van der Waals surface area contributed by atoms with Crippen LogP contribution in [0.2, 0.25) is 0 Å². The number of hydrogen-bond acceptors (Lipinski definition) is 6. The molecule has 1 aliphatic heterocycles. The largest absolute Gasteiger partial charge is 0.496 e. The summed E-state index contributed by atoms with van der Waals surface area (Å²) in [5, 5.41) is 17.4. The first kappa shape index (κ1) is 24.8. The van der Waals surface area contributed by atoms with Gasteiger partial charge in [-0.1, -0.05) is 30.7 Å². The topological polar surface area (TPSA) is 109 Å². The number of rotatable bonds is 7. The summed E-state index contributed by atoms with van der Waals surface area (Å²) in [6.07, 6.45) is 5.88. The Balaban J connectivity index is 1.27. The number of aromatic nitrogens is 2. The fourth-order valence-corrected chi connectivity index (χ4v) is 5.20. The number of nitrogens with one attached hydrogen (secondary N) is 1. The predicted molar refractivity (Wildman–Crippen MR) is 138 cm³/mol. The highest BCUT2D eigenvalue weighted by Crippen LogP contribution is 2.34. The van der Waals surface area contributed by atoms with Gasteiger partial charge in [0.25, 0.3) is 5.91 Å². The van der Waals surface area contributed by atoms with Crippen molar-refractivity contribution in [1.29, 1.82) is 5.26 Å². The summed E-state index contributed by atoms with van der Waals surface area (Å²) < 4.78 is 20.6. The van der Waals surface area contributed by atoms with Crippen molar-refractivity contribution in [3.63, 3.8) is 0 Å². The zero-order valence-electron chi connectivity index (χ0n) is 20.9. The lowest BCUT2D eigenvalue weighted by Gasteiger charge is -2.41. The number of nitrogens with two attached hydrogens (primary N) is 1. The molecule has 192 valence electrons. The second-order valence-corrected chi connectivity index (χ2v) is 9.74. The highest BCUT2D eigenvalue weighted by atomic mass is 19.1. The molecule has 2 aromatic carbocycles. The molecule has 0 bridgehead atoms. The van der Waals surface area contributed by atoms with Gasteiger partial charge in [-0.2, -0.15) is 10.4 Å². The Bertz CT molecular complexity index is 1320. The Hall–Kier alpha value is -3.90. The molecule has 37 heavy (non-hydrogen) atoms. The molecule has 2 aliphatic rings. The van der Waals surface area contributed by atoms with E-state index in [2.05, 4.69) is 16.3 Å². The number of carbonyl (C=O) groups excluding carboxylic acids is 1. The molecule has 0 spiro atoms. The quantitative estimate of drug-likeness (QED) is 0.499. The summed E-state index contributed by atoms with van der Waals surface area (Å²) >= 11 is 0. The van der Waals surface area contributed by atoms with Crippen LogP contribution < -0.4 is 15.8 Å². The maximum Gasteiger partial charge on any atom is 0.255 e. The van der Waals surface area contributed by atoms with E-state index in [9.17, 15) is 14.4 Å². The van der Waals surface area contributed by atoms with E-state index in [1.54, 1.807) is 0 Å². The molecular formula is C28H31FN6O2. The first-order chi connectivity index (χ1) is 18.0. The van der Waals surface area contributed by atoms with Gasteiger partial charge in [0.05, 0.1) is 18.7 Å². The molecule has 2 heterocycles. The number of hydrogen-bond donors (Lipinski definition) is 2. The molecule has 1 amide bonds. The zero-order chi connectivity index (χ0) is 25.9. The van der Waals surface area contributed by atoms with Gasteiger partial charge >= 0.3 is 0 Å². The Kier molecular flexibility index (Phi) is 7.10. The molecule has 8 nitrogen and oxygen atoms in total. The van der Waals surface area contributed by atoms with E-state index >= 15 is 0 Å². The van der Waals surface area contributed by atoms with Gasteiger partial charge in [-0.3, -0.25) is 4.79 Å². The number of anilines is 1. The second kappa shape index (κ2) is 10.6. The van der Waals surface area contributed by atoms with E-state index in [-0.39, 0.29) is 18.2 Å². The number of methoxy groups -OCH3 is 1. The fourth-order valence-electron chi connectivity index (χ4n) is 5.20. The lowest BCUT2D eigenvalue weighted by Crippen LogP contribution is -2.45. The number of halogens is 1. The number of carbonyl (C=O) groups is 1. The van der Waals surface area contributed by atoms with Crippen LogP contribution in [0, 0.1) is 17.1 Å². The Labute approximate surface area is 215 Å². The van der Waals surface area contributed by atoms with Gasteiger partial charge in [-0.05, 0) is 49.4 Å². The summed E-state index contributed by atoms with van der Waals surface area (Å²) in [6.45, 7) is 2.32. The van der Waals surface area contributed by atoms with Crippen molar-refractivity contribution in [2.75, 3.05) is 25.9 Å². The first-order valence-corrected chi connectivity index (χ1v) is 12.7. The number of ether oxygens (including phenoxy) is 1. The molecule has 1 saturated heterocycles. The van der Waals surface area contributed by atoms with Crippen molar-refractivity contribution in [3.05, 3.63) is 65.0 Å². The average Bonchev–Trinajstić information content (AvgIpc) is 3.23. The Morgan fingerprint density at radius 3 is 2.51 bits per heavy atom. The summed E-state index contributed by atoms with van der Waals surface area (Å²) in [5.41, 5.74) is 9.13. The molecule has 0 unspecified atom stereocenters. The van der Waals surface area contributed by atoms with Crippen LogP contribution in [0.25, 0.3) is 11.3 Å². The Morgan fingerprint density at radius 1 is 1.16 bits per heavy atom. The molecule has 2 fully saturated rings. The highest BCUT2D eigenvalue weighted by Gasteiger charge is 2.31. The van der Waals surface area contributed by atoms with Crippen LogP contribution in [-0.2, 0) is 6.54 Å². The molecule has 3 N–H and O–H groups in total. The van der Waals surface area contributed by atoms with Crippen LogP contribution in [0.15, 0.2) is 42.5 Å². The molecule has 0 radical (unpaired) electrons. The molecule has 1 aromatic heterocycles. The summed E-state index contributed by atoms with van der Waals surface area (Å²) in [6, 6.07) is 14.5. The van der Waals surface area contributed by atoms with Gasteiger partial charge < -0.3 is 20.7 Å². The third-order valence-electron chi connectivity index (χ3n) is 7.58. The van der Waals surface area contributed by atoms with E-state index in [1.165, 1.54) is 38.5 Å². The minimum atomic E-state index is -0.508. The second-order valence-electron chi connectivity index (χ2n) is 9.74. The highest BCUT2D eigenvalue weighted by molar-refractivity contribution is 5.96. The number of nitrogens with zero attached hydrogens (tertiary/aromatic N) is 4. The van der Waals surface area contributed by atoms with Crippen LogP contribution in [-0.4, -0.2) is 46.8 Å². The Morgan fingerprint density at radius 2 is 1.89 bits per heavy atom. The summed E-state index contributed by atoms with van der Waals surface area (Å²) in [7, 11) is 1.44. The number of amides is 1. The molecule has 3 aromatic rings. The van der Waals surface area contributed by atoms with Crippen molar-refractivity contribution in [2.45, 2.75) is 50.7 Å². The number of piperidine rings is 1. The third-order valence-corrected chi connectivity index (χ3v) is 7.58. The first-order valence-electron chi connectivity index (χ1n) is 12.7. The normalized spacial score (nSPS) is 16.7. The van der Waals surface area contributed by atoms with Crippen LogP contribution >= 0.6 is 0 Å². The zero-order valence-corrected chi connectivity index (χ0v) is 20.9. The minimum Gasteiger partial charge on any atom is -0.496 e. The van der Waals surface area contributed by atoms with Crippen molar-refractivity contribution in [3.8, 4) is 23.1 Å². The van der Waals surface area contributed by atoms with Crippen molar-refractivity contribution in [2.24, 2.45) is 0 Å². The van der Waals surface area contributed by atoms with Crippen LogP contribution in [0.1, 0.15) is 59.6 Å². The molecule has 1 aliphatic carbocycles. The fraction of sp³-hybridized carbons (Fsp3) is 0.393. The van der Waals surface area contributed by atoms with Gasteiger partial charge in [0.1, 0.15) is 34.7 Å². The molecular weight excluding hydrogens is 471 g/mol. The van der Waals surface area contributed by atoms with Gasteiger partial charge in [0.2, 0.25) is 0 Å². The van der Waals surface area contributed by atoms with E-state index in [1.807, 2.05) is 28.9 Å². The van der Waals surface area contributed by atoms with Crippen molar-refractivity contribution >= 4 is 11.7 Å². The van der Waals surface area contributed by atoms with E-state index in [4.69, 9.17) is 15.6 Å².